The van der Waals surface area contributed by atoms with Gasteiger partial charge in [-0.25, -0.2) is 4.79 Å². The molecule has 0 aliphatic carbocycles. The molecule has 6 nitrogen and oxygen atoms in total. The Balaban J connectivity index is 2.54. The lowest BCUT2D eigenvalue weighted by Crippen LogP contribution is -2.04. The Morgan fingerprint density at radius 3 is 2.67 bits per heavy atom. The highest BCUT2D eigenvalue weighted by atomic mass is 16.5. The Morgan fingerprint density at radius 2 is 2.06 bits per heavy atom. The fourth-order valence-corrected chi connectivity index (χ4v) is 1.43. The molecule has 0 aromatic carbocycles. The smallest absolute Gasteiger partial charge is 0.354 e. The van der Waals surface area contributed by atoms with E-state index in [-0.39, 0.29) is 37.3 Å². The molecule has 98 valence electrons. The molecule has 0 saturated heterocycles. The van der Waals surface area contributed by atoms with E-state index in [1.807, 2.05) is 0 Å². The Hall–Kier alpha value is -2.11. The van der Waals surface area contributed by atoms with Gasteiger partial charge in [-0.3, -0.25) is 9.59 Å². The highest BCUT2D eigenvalue weighted by Crippen LogP contribution is 2.10. The largest absolute Gasteiger partial charge is 0.481 e. The van der Waals surface area contributed by atoms with E-state index < -0.39 is 11.9 Å². The van der Waals surface area contributed by atoms with Crippen LogP contribution in [0.3, 0.4) is 0 Å². The standard InChI is InChI=1S/C12H15NO5/c1-2-18-12(17)9-6-8(7-13-9)10(14)4-3-5-11(15)16/h6-7,13H,2-5H2,1H3,(H,15,16). The van der Waals surface area contributed by atoms with E-state index in [0.717, 1.165) is 0 Å². The number of aliphatic carboxylic acids is 1. The van der Waals surface area contributed by atoms with Crippen molar-refractivity contribution in [2.45, 2.75) is 26.2 Å². The van der Waals surface area contributed by atoms with Crippen LogP contribution in [0, 0.1) is 0 Å². The van der Waals surface area contributed by atoms with Gasteiger partial charge in [-0.2, -0.15) is 0 Å². The van der Waals surface area contributed by atoms with Gasteiger partial charge in [-0.05, 0) is 19.4 Å². The third-order valence-corrected chi connectivity index (χ3v) is 2.29. The Kier molecular flexibility index (Phi) is 5.10. The summed E-state index contributed by atoms with van der Waals surface area (Å²) in [4.78, 5) is 36.0. The maximum atomic E-state index is 11.7. The average Bonchev–Trinajstić information content (AvgIpc) is 2.78. The molecule has 0 aliphatic heterocycles. The number of H-pyrrole nitrogens is 1. The Labute approximate surface area is 104 Å². The zero-order valence-electron chi connectivity index (χ0n) is 10.1. The minimum Gasteiger partial charge on any atom is -0.481 e. The molecule has 0 bridgehead atoms. The number of esters is 1. The summed E-state index contributed by atoms with van der Waals surface area (Å²) in [6, 6.07) is 1.42. The second kappa shape index (κ2) is 6.58. The van der Waals surface area contributed by atoms with E-state index in [9.17, 15) is 14.4 Å². The monoisotopic (exact) mass is 253 g/mol. The van der Waals surface area contributed by atoms with E-state index in [2.05, 4.69) is 4.98 Å². The first-order valence-corrected chi connectivity index (χ1v) is 5.65. The lowest BCUT2D eigenvalue weighted by atomic mass is 10.1. The van der Waals surface area contributed by atoms with Crippen molar-refractivity contribution in [1.29, 1.82) is 0 Å². The number of ether oxygens (including phenoxy) is 1. The molecule has 2 N–H and O–H groups in total. The summed E-state index contributed by atoms with van der Waals surface area (Å²) in [5, 5.41) is 8.45. The minimum absolute atomic E-state index is 0.0408. The molecule has 0 atom stereocenters. The summed E-state index contributed by atoms with van der Waals surface area (Å²) in [6.07, 6.45) is 1.82. The summed E-state index contributed by atoms with van der Waals surface area (Å²) in [6.45, 7) is 1.96. The third kappa shape index (κ3) is 4.04. The summed E-state index contributed by atoms with van der Waals surface area (Å²) < 4.78 is 4.77. The highest BCUT2D eigenvalue weighted by Gasteiger charge is 2.13. The number of hydrogen-bond donors (Lipinski definition) is 2. The van der Waals surface area contributed by atoms with Crippen LogP contribution < -0.4 is 0 Å². The van der Waals surface area contributed by atoms with Crippen molar-refractivity contribution in [3.63, 3.8) is 0 Å². The topological polar surface area (TPSA) is 96.5 Å². The van der Waals surface area contributed by atoms with Crippen molar-refractivity contribution in [2.24, 2.45) is 0 Å². The molecule has 1 aromatic heterocycles. The van der Waals surface area contributed by atoms with Crippen LogP contribution in [0.25, 0.3) is 0 Å². The molecule has 0 unspecified atom stereocenters. The van der Waals surface area contributed by atoms with Crippen LogP contribution in [-0.4, -0.2) is 34.4 Å². The molecular formula is C12H15NO5. The molecule has 0 saturated carbocycles. The van der Waals surface area contributed by atoms with Crippen LogP contribution in [0.5, 0.6) is 0 Å². The van der Waals surface area contributed by atoms with Gasteiger partial charge >= 0.3 is 11.9 Å². The van der Waals surface area contributed by atoms with Gasteiger partial charge in [0, 0.05) is 24.6 Å². The molecule has 0 radical (unpaired) electrons. The third-order valence-electron chi connectivity index (χ3n) is 2.29. The number of ketones is 1. The summed E-state index contributed by atoms with van der Waals surface area (Å²) in [7, 11) is 0. The van der Waals surface area contributed by atoms with Crippen molar-refractivity contribution < 1.29 is 24.2 Å². The molecule has 1 heterocycles. The summed E-state index contributed by atoms with van der Waals surface area (Å²) in [5.74, 6) is -1.63. The first-order valence-electron chi connectivity index (χ1n) is 5.65. The maximum absolute atomic E-state index is 11.7. The zero-order chi connectivity index (χ0) is 13.5. The number of aromatic amines is 1. The van der Waals surface area contributed by atoms with Crippen molar-refractivity contribution in [1.82, 2.24) is 4.98 Å². The first kappa shape index (κ1) is 14.0. The number of rotatable bonds is 7. The molecule has 18 heavy (non-hydrogen) atoms. The number of nitrogens with one attached hydrogen (secondary N) is 1. The Bertz CT molecular complexity index is 449. The Morgan fingerprint density at radius 1 is 1.33 bits per heavy atom. The van der Waals surface area contributed by atoms with E-state index >= 15 is 0 Å². The molecule has 1 aromatic rings. The molecule has 0 aliphatic rings. The van der Waals surface area contributed by atoms with Gasteiger partial charge < -0.3 is 14.8 Å². The lowest BCUT2D eigenvalue weighted by Gasteiger charge is -1.97. The van der Waals surface area contributed by atoms with Gasteiger partial charge in [0.15, 0.2) is 5.78 Å². The summed E-state index contributed by atoms with van der Waals surface area (Å²) in [5.41, 5.74) is 0.585. The van der Waals surface area contributed by atoms with Gasteiger partial charge in [-0.15, -0.1) is 0 Å². The normalized spacial score (nSPS) is 10.1. The molecule has 0 amide bonds. The van der Waals surface area contributed by atoms with E-state index in [1.54, 1.807) is 6.92 Å². The van der Waals surface area contributed by atoms with Gasteiger partial charge in [-0.1, -0.05) is 0 Å². The van der Waals surface area contributed by atoms with Crippen LogP contribution in [0.4, 0.5) is 0 Å². The van der Waals surface area contributed by atoms with E-state index in [1.165, 1.54) is 12.3 Å². The second-order valence-electron chi connectivity index (χ2n) is 3.69. The number of carbonyl (C=O) groups is 3. The van der Waals surface area contributed by atoms with Crippen molar-refractivity contribution in [3.8, 4) is 0 Å². The predicted molar refractivity (Wildman–Crippen MR) is 62.6 cm³/mol. The number of aromatic nitrogens is 1. The SMILES string of the molecule is CCOC(=O)c1cc(C(=O)CCCC(=O)O)c[nH]1. The van der Waals surface area contributed by atoms with Crippen LogP contribution in [0.2, 0.25) is 0 Å². The van der Waals surface area contributed by atoms with Crippen LogP contribution in [0.15, 0.2) is 12.3 Å². The molecular weight excluding hydrogens is 238 g/mol. The van der Waals surface area contributed by atoms with Crippen LogP contribution in [0.1, 0.15) is 47.0 Å². The quantitative estimate of drug-likeness (QED) is 0.568. The van der Waals surface area contributed by atoms with Crippen molar-refractivity contribution >= 4 is 17.7 Å². The minimum atomic E-state index is -0.927. The number of carboxylic acid groups (broad SMARTS) is 1. The van der Waals surface area contributed by atoms with E-state index in [4.69, 9.17) is 9.84 Å². The average molecular weight is 253 g/mol. The molecule has 6 heteroatoms. The highest BCUT2D eigenvalue weighted by molar-refractivity contribution is 5.99. The fraction of sp³-hybridized carbons (Fsp3) is 0.417. The van der Waals surface area contributed by atoms with Gasteiger partial charge in [0.2, 0.25) is 0 Å². The molecule has 0 spiro atoms. The van der Waals surface area contributed by atoms with Crippen LogP contribution in [-0.2, 0) is 9.53 Å². The van der Waals surface area contributed by atoms with Gasteiger partial charge in [0.05, 0.1) is 6.61 Å². The molecule has 0 fully saturated rings. The number of hydrogen-bond acceptors (Lipinski definition) is 4. The van der Waals surface area contributed by atoms with Gasteiger partial charge in [0.1, 0.15) is 5.69 Å². The predicted octanol–water partition coefficient (Wildman–Crippen LogP) is 1.63. The summed E-state index contributed by atoms with van der Waals surface area (Å²) >= 11 is 0. The lowest BCUT2D eigenvalue weighted by molar-refractivity contribution is -0.137. The van der Waals surface area contributed by atoms with Crippen LogP contribution >= 0.6 is 0 Å². The fourth-order valence-electron chi connectivity index (χ4n) is 1.43. The number of Topliss-reactive ketones (excluding diaryl/α,β-unsaturated/α-hetero) is 1. The first-order chi connectivity index (χ1) is 8.54. The van der Waals surface area contributed by atoms with E-state index in [0.29, 0.717) is 5.56 Å². The number of carbonyl (C=O) groups excluding carboxylic acids is 2. The van der Waals surface area contributed by atoms with Crippen molar-refractivity contribution in [2.75, 3.05) is 6.61 Å². The van der Waals surface area contributed by atoms with Gasteiger partial charge in [0.25, 0.3) is 0 Å². The maximum Gasteiger partial charge on any atom is 0.354 e. The molecule has 1 rings (SSSR count). The second-order valence-corrected chi connectivity index (χ2v) is 3.69. The number of carboxylic acids is 1. The zero-order valence-corrected chi connectivity index (χ0v) is 10.1. The van der Waals surface area contributed by atoms with Crippen molar-refractivity contribution in [3.05, 3.63) is 23.5 Å².